The van der Waals surface area contributed by atoms with E-state index in [2.05, 4.69) is 24.3 Å². The van der Waals surface area contributed by atoms with Gasteiger partial charge in [-0.3, -0.25) is 0 Å². The average molecular weight is 290 g/mol. The van der Waals surface area contributed by atoms with Crippen LogP contribution in [0.2, 0.25) is 0 Å². The highest BCUT2D eigenvalue weighted by Gasteiger charge is 2.08. The number of aryl methyl sites for hydroxylation is 1. The molecule has 0 saturated heterocycles. The van der Waals surface area contributed by atoms with Crippen LogP contribution in [0.5, 0.6) is 11.5 Å². The Morgan fingerprint density at radius 3 is 2.76 bits per heavy atom. The van der Waals surface area contributed by atoms with Crippen molar-refractivity contribution in [3.63, 3.8) is 0 Å². The van der Waals surface area contributed by atoms with Crippen LogP contribution in [0.3, 0.4) is 0 Å². The molecule has 0 spiro atoms. The smallest absolute Gasteiger partial charge is 0.174 e. The van der Waals surface area contributed by atoms with Gasteiger partial charge in [-0.25, -0.2) is 0 Å². The SMILES string of the molecule is CCNCc1cc(COc2ccc(CC)cc2OC)on1. The number of nitrogens with one attached hydrogen (secondary N) is 1. The fourth-order valence-electron chi connectivity index (χ4n) is 1.96. The van der Waals surface area contributed by atoms with E-state index in [9.17, 15) is 0 Å². The molecular formula is C16H22N2O3. The number of nitrogens with zero attached hydrogens (tertiary/aromatic N) is 1. The van der Waals surface area contributed by atoms with Crippen molar-refractivity contribution in [2.75, 3.05) is 13.7 Å². The zero-order valence-corrected chi connectivity index (χ0v) is 12.8. The van der Waals surface area contributed by atoms with Gasteiger partial charge in [-0.2, -0.15) is 0 Å². The molecule has 5 heteroatoms. The molecule has 0 saturated carbocycles. The van der Waals surface area contributed by atoms with E-state index in [1.54, 1.807) is 7.11 Å². The molecule has 0 aliphatic carbocycles. The van der Waals surface area contributed by atoms with E-state index >= 15 is 0 Å². The lowest BCUT2D eigenvalue weighted by Crippen LogP contribution is -2.11. The third kappa shape index (κ3) is 4.23. The number of hydrogen-bond acceptors (Lipinski definition) is 5. The summed E-state index contributed by atoms with van der Waals surface area (Å²) in [5, 5.41) is 7.19. The fraction of sp³-hybridized carbons (Fsp3) is 0.438. The van der Waals surface area contributed by atoms with Crippen molar-refractivity contribution in [2.24, 2.45) is 0 Å². The molecule has 0 bridgehead atoms. The van der Waals surface area contributed by atoms with E-state index in [0.717, 1.165) is 24.4 Å². The number of hydrogen-bond donors (Lipinski definition) is 1. The highest BCUT2D eigenvalue weighted by molar-refractivity contribution is 5.43. The normalized spacial score (nSPS) is 10.6. The molecule has 0 fully saturated rings. The lowest BCUT2D eigenvalue weighted by Gasteiger charge is -2.10. The molecule has 1 aromatic carbocycles. The van der Waals surface area contributed by atoms with Gasteiger partial charge in [-0.1, -0.05) is 25.1 Å². The summed E-state index contributed by atoms with van der Waals surface area (Å²) in [5.74, 6) is 2.14. The van der Waals surface area contributed by atoms with Crippen molar-refractivity contribution in [2.45, 2.75) is 33.4 Å². The zero-order valence-electron chi connectivity index (χ0n) is 12.8. The number of aromatic nitrogens is 1. The van der Waals surface area contributed by atoms with E-state index in [1.807, 2.05) is 24.3 Å². The third-order valence-electron chi connectivity index (χ3n) is 3.17. The molecule has 114 valence electrons. The monoisotopic (exact) mass is 290 g/mol. The van der Waals surface area contributed by atoms with E-state index in [0.29, 0.717) is 24.7 Å². The van der Waals surface area contributed by atoms with Gasteiger partial charge in [0, 0.05) is 12.6 Å². The lowest BCUT2D eigenvalue weighted by molar-refractivity contribution is 0.238. The number of rotatable bonds is 8. The van der Waals surface area contributed by atoms with E-state index in [-0.39, 0.29) is 0 Å². The molecule has 2 rings (SSSR count). The molecular weight excluding hydrogens is 268 g/mol. The van der Waals surface area contributed by atoms with Crippen molar-refractivity contribution in [1.82, 2.24) is 10.5 Å². The second-order valence-corrected chi connectivity index (χ2v) is 4.69. The van der Waals surface area contributed by atoms with Crippen molar-refractivity contribution in [1.29, 1.82) is 0 Å². The van der Waals surface area contributed by atoms with Gasteiger partial charge in [0.05, 0.1) is 12.8 Å². The summed E-state index contributed by atoms with van der Waals surface area (Å²) in [7, 11) is 1.64. The van der Waals surface area contributed by atoms with Crippen LogP contribution >= 0.6 is 0 Å². The van der Waals surface area contributed by atoms with E-state index in [4.69, 9.17) is 14.0 Å². The Hall–Kier alpha value is -2.01. The standard InChI is InChI=1S/C16H22N2O3/c1-4-12-6-7-15(16(8-12)19-3)20-11-14-9-13(18-21-14)10-17-5-2/h6-9,17H,4-5,10-11H2,1-3H3. The summed E-state index contributed by atoms with van der Waals surface area (Å²) in [6, 6.07) is 7.85. The molecule has 0 aliphatic heterocycles. The molecule has 0 amide bonds. The van der Waals surface area contributed by atoms with Gasteiger partial charge in [0.25, 0.3) is 0 Å². The van der Waals surface area contributed by atoms with E-state index < -0.39 is 0 Å². The Balaban J connectivity index is 1.97. The Morgan fingerprint density at radius 1 is 1.19 bits per heavy atom. The van der Waals surface area contributed by atoms with Crippen LogP contribution in [0.25, 0.3) is 0 Å². The van der Waals surface area contributed by atoms with Crippen molar-refractivity contribution in [3.05, 3.63) is 41.3 Å². The van der Waals surface area contributed by atoms with Crippen LogP contribution in [0.4, 0.5) is 0 Å². The maximum absolute atomic E-state index is 5.75. The van der Waals surface area contributed by atoms with Crippen LogP contribution in [-0.2, 0) is 19.6 Å². The summed E-state index contributed by atoms with van der Waals surface area (Å²) in [6.07, 6.45) is 0.965. The Kier molecular flexibility index (Phi) is 5.63. The van der Waals surface area contributed by atoms with Crippen LogP contribution in [-0.4, -0.2) is 18.8 Å². The Labute approximate surface area is 125 Å². The second-order valence-electron chi connectivity index (χ2n) is 4.69. The fourth-order valence-corrected chi connectivity index (χ4v) is 1.96. The Bertz CT molecular complexity index is 566. The molecule has 1 aromatic heterocycles. The molecule has 2 aromatic rings. The molecule has 1 heterocycles. The predicted molar refractivity (Wildman–Crippen MR) is 80.6 cm³/mol. The van der Waals surface area contributed by atoms with Crippen LogP contribution in [0, 0.1) is 0 Å². The number of methoxy groups -OCH3 is 1. The minimum Gasteiger partial charge on any atom is -0.493 e. The first-order chi connectivity index (χ1) is 10.3. The van der Waals surface area contributed by atoms with Gasteiger partial charge in [0.2, 0.25) is 0 Å². The third-order valence-corrected chi connectivity index (χ3v) is 3.17. The minimum atomic E-state index is 0.334. The van der Waals surface area contributed by atoms with Gasteiger partial charge in [-0.05, 0) is 30.7 Å². The topological polar surface area (TPSA) is 56.5 Å². The van der Waals surface area contributed by atoms with Crippen LogP contribution in [0.15, 0.2) is 28.8 Å². The predicted octanol–water partition coefficient (Wildman–Crippen LogP) is 2.93. The van der Waals surface area contributed by atoms with Crippen molar-refractivity contribution < 1.29 is 14.0 Å². The van der Waals surface area contributed by atoms with Crippen molar-refractivity contribution >= 4 is 0 Å². The highest BCUT2D eigenvalue weighted by Crippen LogP contribution is 2.29. The van der Waals surface area contributed by atoms with Gasteiger partial charge >= 0.3 is 0 Å². The van der Waals surface area contributed by atoms with Crippen molar-refractivity contribution in [3.8, 4) is 11.5 Å². The summed E-state index contributed by atoms with van der Waals surface area (Å²) in [6.45, 7) is 6.10. The molecule has 21 heavy (non-hydrogen) atoms. The second kappa shape index (κ2) is 7.69. The summed E-state index contributed by atoms with van der Waals surface area (Å²) in [4.78, 5) is 0. The maximum atomic E-state index is 5.75. The van der Waals surface area contributed by atoms with Crippen LogP contribution < -0.4 is 14.8 Å². The summed E-state index contributed by atoms with van der Waals surface area (Å²) < 4.78 is 16.4. The molecule has 0 aliphatic rings. The minimum absolute atomic E-state index is 0.334. The highest BCUT2D eigenvalue weighted by atomic mass is 16.5. The quantitative estimate of drug-likeness (QED) is 0.810. The largest absolute Gasteiger partial charge is 0.493 e. The van der Waals surface area contributed by atoms with Gasteiger partial charge in [0.1, 0.15) is 6.61 Å². The molecule has 0 unspecified atom stereocenters. The molecule has 0 radical (unpaired) electrons. The Morgan fingerprint density at radius 2 is 2.05 bits per heavy atom. The zero-order chi connectivity index (χ0) is 15.1. The van der Waals surface area contributed by atoms with Gasteiger partial charge in [-0.15, -0.1) is 0 Å². The summed E-state index contributed by atoms with van der Waals surface area (Å²) >= 11 is 0. The molecule has 5 nitrogen and oxygen atoms in total. The number of ether oxygens (including phenoxy) is 2. The maximum Gasteiger partial charge on any atom is 0.174 e. The van der Waals surface area contributed by atoms with Gasteiger partial charge < -0.3 is 19.3 Å². The first kappa shape index (κ1) is 15.4. The number of benzene rings is 1. The summed E-state index contributed by atoms with van der Waals surface area (Å²) in [5.41, 5.74) is 2.09. The average Bonchev–Trinajstić information content (AvgIpc) is 2.98. The van der Waals surface area contributed by atoms with Gasteiger partial charge in [0.15, 0.2) is 17.3 Å². The molecule has 1 N–H and O–H groups in total. The molecule has 0 atom stereocenters. The van der Waals surface area contributed by atoms with Crippen LogP contribution in [0.1, 0.15) is 30.9 Å². The first-order valence-electron chi connectivity index (χ1n) is 7.21. The lowest BCUT2D eigenvalue weighted by atomic mass is 10.1. The van der Waals surface area contributed by atoms with E-state index in [1.165, 1.54) is 5.56 Å². The first-order valence-corrected chi connectivity index (χ1v) is 7.21.